The molecule has 0 atom stereocenters. The third kappa shape index (κ3) is 3.53. The van der Waals surface area contributed by atoms with Crippen LogP contribution in [0.4, 0.5) is 5.69 Å². The van der Waals surface area contributed by atoms with Gasteiger partial charge in [-0.05, 0) is 26.0 Å². The first-order valence-corrected chi connectivity index (χ1v) is 7.41. The van der Waals surface area contributed by atoms with E-state index in [9.17, 15) is 0 Å². The highest BCUT2D eigenvalue weighted by Crippen LogP contribution is 2.19. The highest BCUT2D eigenvalue weighted by molar-refractivity contribution is 7.80. The molecule has 0 aromatic heterocycles. The van der Waals surface area contributed by atoms with Crippen LogP contribution in [0, 0.1) is 18.3 Å². The van der Waals surface area contributed by atoms with Gasteiger partial charge in [-0.1, -0.05) is 29.9 Å². The fourth-order valence-corrected chi connectivity index (χ4v) is 2.72. The van der Waals surface area contributed by atoms with Crippen LogP contribution in [0.25, 0.3) is 0 Å². The van der Waals surface area contributed by atoms with Gasteiger partial charge >= 0.3 is 0 Å². The molecule has 1 heterocycles. The Labute approximate surface area is 131 Å². The van der Waals surface area contributed by atoms with Gasteiger partial charge in [-0.3, -0.25) is 0 Å². The van der Waals surface area contributed by atoms with Gasteiger partial charge in [0.05, 0.1) is 0 Å². The average Bonchev–Trinajstić information content (AvgIpc) is 2.48. The Kier molecular flexibility index (Phi) is 4.81. The molecular formula is C16H20N4S. The van der Waals surface area contributed by atoms with Gasteiger partial charge in [0.1, 0.15) is 16.6 Å². The lowest BCUT2D eigenvalue weighted by Crippen LogP contribution is -2.46. The molecular weight excluding hydrogens is 280 g/mol. The second kappa shape index (κ2) is 6.59. The molecule has 1 aromatic rings. The summed E-state index contributed by atoms with van der Waals surface area (Å²) in [7, 11) is 0. The fourth-order valence-electron chi connectivity index (χ4n) is 2.53. The van der Waals surface area contributed by atoms with Gasteiger partial charge in [-0.15, -0.1) is 0 Å². The zero-order valence-corrected chi connectivity index (χ0v) is 13.3. The number of anilines is 1. The van der Waals surface area contributed by atoms with Crippen molar-refractivity contribution in [3.8, 4) is 6.07 Å². The van der Waals surface area contributed by atoms with E-state index in [1.54, 1.807) is 0 Å². The first-order valence-electron chi connectivity index (χ1n) is 7.00. The van der Waals surface area contributed by atoms with Gasteiger partial charge in [-0.2, -0.15) is 5.26 Å². The lowest BCUT2D eigenvalue weighted by molar-refractivity contribution is 0.321. The van der Waals surface area contributed by atoms with Crippen LogP contribution in [-0.2, 0) is 0 Å². The van der Waals surface area contributed by atoms with E-state index in [4.69, 9.17) is 23.2 Å². The highest BCUT2D eigenvalue weighted by atomic mass is 32.1. The van der Waals surface area contributed by atoms with Crippen molar-refractivity contribution in [1.82, 2.24) is 4.90 Å². The second-order valence-electron chi connectivity index (χ2n) is 5.25. The third-order valence-electron chi connectivity index (χ3n) is 3.87. The molecule has 1 aromatic carbocycles. The molecule has 21 heavy (non-hydrogen) atoms. The van der Waals surface area contributed by atoms with Crippen molar-refractivity contribution < 1.29 is 0 Å². The summed E-state index contributed by atoms with van der Waals surface area (Å²) in [6.45, 7) is 7.60. The molecule has 1 saturated heterocycles. The Balaban J connectivity index is 2.05. The fraction of sp³-hybridized carbons (Fsp3) is 0.375. The molecule has 1 fully saturated rings. The van der Waals surface area contributed by atoms with Crippen molar-refractivity contribution in [2.45, 2.75) is 13.8 Å². The molecule has 0 radical (unpaired) electrons. The Morgan fingerprint density at radius 1 is 1.19 bits per heavy atom. The molecule has 1 aliphatic rings. The van der Waals surface area contributed by atoms with Crippen molar-refractivity contribution in [2.24, 2.45) is 5.73 Å². The predicted octanol–water partition coefficient (Wildman–Crippen LogP) is 2.20. The monoisotopic (exact) mass is 300 g/mol. The molecule has 4 nitrogen and oxygen atoms in total. The highest BCUT2D eigenvalue weighted by Gasteiger charge is 2.19. The third-order valence-corrected chi connectivity index (χ3v) is 4.08. The predicted molar refractivity (Wildman–Crippen MR) is 90.1 cm³/mol. The van der Waals surface area contributed by atoms with Crippen LogP contribution in [-0.4, -0.2) is 36.1 Å². The van der Waals surface area contributed by atoms with Gasteiger partial charge in [0, 0.05) is 37.6 Å². The van der Waals surface area contributed by atoms with Crippen LogP contribution >= 0.6 is 12.2 Å². The van der Waals surface area contributed by atoms with Crippen molar-refractivity contribution >= 4 is 22.9 Å². The smallest absolute Gasteiger partial charge is 0.116 e. The van der Waals surface area contributed by atoms with E-state index in [0.29, 0.717) is 5.57 Å². The van der Waals surface area contributed by atoms with Crippen LogP contribution in [0.15, 0.2) is 35.5 Å². The average molecular weight is 300 g/mol. The van der Waals surface area contributed by atoms with E-state index >= 15 is 0 Å². The van der Waals surface area contributed by atoms with Crippen molar-refractivity contribution in [3.05, 3.63) is 41.1 Å². The number of nitrogens with zero attached hydrogens (tertiary/aromatic N) is 3. The molecule has 0 unspecified atom stereocenters. The Morgan fingerprint density at radius 2 is 1.76 bits per heavy atom. The minimum atomic E-state index is 0.177. The number of rotatable bonds is 3. The van der Waals surface area contributed by atoms with Crippen LogP contribution in [0.5, 0.6) is 0 Å². The number of aryl methyl sites for hydroxylation is 1. The van der Waals surface area contributed by atoms with Gasteiger partial charge in [-0.25, -0.2) is 0 Å². The van der Waals surface area contributed by atoms with Crippen LogP contribution in [0.1, 0.15) is 12.5 Å². The van der Waals surface area contributed by atoms with Crippen LogP contribution in [0.2, 0.25) is 0 Å². The van der Waals surface area contributed by atoms with Crippen molar-refractivity contribution in [1.29, 1.82) is 5.26 Å². The first-order chi connectivity index (χ1) is 10.0. The van der Waals surface area contributed by atoms with Crippen molar-refractivity contribution in [3.63, 3.8) is 0 Å². The maximum Gasteiger partial charge on any atom is 0.116 e. The summed E-state index contributed by atoms with van der Waals surface area (Å²) >= 11 is 4.93. The normalized spacial score (nSPS) is 16.2. The number of benzene rings is 1. The standard InChI is InChI=1S/C16H20N4S/c1-12-3-5-14(6-4-12)20-9-7-19(8-10-20)13(2)15(11-17)16(18)21/h3-6H,7-10H2,1-2H3,(H2,18,21). The molecule has 0 bridgehead atoms. The molecule has 0 amide bonds. The lowest BCUT2D eigenvalue weighted by atomic mass is 10.1. The molecule has 1 aliphatic heterocycles. The number of allylic oxidation sites excluding steroid dienone is 1. The van der Waals surface area contributed by atoms with E-state index < -0.39 is 0 Å². The molecule has 2 N–H and O–H groups in total. The number of hydrogen-bond donors (Lipinski definition) is 1. The number of hydrogen-bond acceptors (Lipinski definition) is 4. The minimum absolute atomic E-state index is 0.177. The van der Waals surface area contributed by atoms with Crippen LogP contribution < -0.4 is 10.6 Å². The summed E-state index contributed by atoms with van der Waals surface area (Å²) in [6.07, 6.45) is 0. The molecule has 0 aliphatic carbocycles. The molecule has 0 spiro atoms. The topological polar surface area (TPSA) is 56.3 Å². The van der Waals surface area contributed by atoms with Crippen LogP contribution in [0.3, 0.4) is 0 Å². The van der Waals surface area contributed by atoms with E-state index in [1.807, 2.05) is 6.92 Å². The van der Waals surface area contributed by atoms with Gasteiger partial charge in [0.25, 0.3) is 0 Å². The Hall–Kier alpha value is -2.06. The SMILES string of the molecule is CC(=C(C#N)C(N)=S)N1CCN(c2ccc(C)cc2)CC1. The number of thiocarbonyl (C=S) groups is 1. The maximum absolute atomic E-state index is 9.14. The maximum atomic E-state index is 9.14. The molecule has 5 heteroatoms. The Morgan fingerprint density at radius 3 is 2.24 bits per heavy atom. The summed E-state index contributed by atoms with van der Waals surface area (Å²) in [5.41, 5.74) is 9.43. The quantitative estimate of drug-likeness (QED) is 0.527. The minimum Gasteiger partial charge on any atom is -0.389 e. The van der Waals surface area contributed by atoms with Gasteiger partial charge < -0.3 is 15.5 Å². The zero-order chi connectivity index (χ0) is 15.4. The molecule has 2 rings (SSSR count). The van der Waals surface area contributed by atoms with E-state index in [2.05, 4.69) is 47.1 Å². The summed E-state index contributed by atoms with van der Waals surface area (Å²) in [5, 5.41) is 9.14. The summed E-state index contributed by atoms with van der Waals surface area (Å²) < 4.78 is 0. The Bertz CT molecular complexity index is 590. The van der Waals surface area contributed by atoms with E-state index in [-0.39, 0.29) is 4.99 Å². The summed E-state index contributed by atoms with van der Waals surface area (Å²) in [6, 6.07) is 10.7. The first kappa shape index (κ1) is 15.3. The van der Waals surface area contributed by atoms with E-state index in [0.717, 1.165) is 31.9 Å². The second-order valence-corrected chi connectivity index (χ2v) is 5.69. The number of nitrogens with two attached hydrogens (primary N) is 1. The lowest BCUT2D eigenvalue weighted by Gasteiger charge is -2.38. The zero-order valence-electron chi connectivity index (χ0n) is 12.5. The molecule has 110 valence electrons. The number of nitriles is 1. The molecule has 0 saturated carbocycles. The van der Waals surface area contributed by atoms with Crippen molar-refractivity contribution in [2.75, 3.05) is 31.1 Å². The largest absolute Gasteiger partial charge is 0.389 e. The van der Waals surface area contributed by atoms with E-state index in [1.165, 1.54) is 11.3 Å². The van der Waals surface area contributed by atoms with Gasteiger partial charge in [0.2, 0.25) is 0 Å². The number of piperazine rings is 1. The van der Waals surface area contributed by atoms with Gasteiger partial charge in [0.15, 0.2) is 0 Å². The summed E-state index contributed by atoms with van der Waals surface area (Å²) in [4.78, 5) is 4.72. The summed E-state index contributed by atoms with van der Waals surface area (Å²) in [5.74, 6) is 0.